The maximum Gasteiger partial charge on any atom is 0.411 e. The molecule has 0 heterocycles. The van der Waals surface area contributed by atoms with E-state index in [1.165, 1.54) is 7.11 Å². The number of anilines is 2. The van der Waals surface area contributed by atoms with Gasteiger partial charge in [-0.2, -0.15) is 15.8 Å². The third-order valence-electron chi connectivity index (χ3n) is 2.17. The minimum absolute atomic E-state index is 0.135. The van der Waals surface area contributed by atoms with Gasteiger partial charge in [-0.25, -0.2) is 4.79 Å². The zero-order chi connectivity index (χ0) is 15.0. The van der Waals surface area contributed by atoms with Crippen molar-refractivity contribution in [2.24, 2.45) is 0 Å². The molecule has 0 unspecified atom stereocenters. The molecule has 2 N–H and O–H groups in total. The van der Waals surface area contributed by atoms with Gasteiger partial charge in [0.2, 0.25) is 0 Å². The molecule has 0 saturated carbocycles. The van der Waals surface area contributed by atoms with Crippen molar-refractivity contribution in [1.29, 1.82) is 15.8 Å². The molecule has 0 spiro atoms. The lowest BCUT2D eigenvalue weighted by Gasteiger charge is -2.07. The fourth-order valence-electron chi connectivity index (χ4n) is 1.23. The molecule has 20 heavy (non-hydrogen) atoms. The third-order valence-corrected chi connectivity index (χ3v) is 2.17. The highest BCUT2D eigenvalue weighted by atomic mass is 16.5. The predicted octanol–water partition coefficient (Wildman–Crippen LogP) is 2.10. The number of nitrogens with one attached hydrogen (secondary N) is 2. The summed E-state index contributed by atoms with van der Waals surface area (Å²) in [7, 11) is 1.25. The Morgan fingerprint density at radius 1 is 1.00 bits per heavy atom. The highest BCUT2D eigenvalue weighted by Gasteiger charge is 2.06. The number of nitriles is 3. The minimum atomic E-state index is -0.598. The van der Waals surface area contributed by atoms with Crippen LogP contribution in [0.3, 0.4) is 0 Å². The van der Waals surface area contributed by atoms with E-state index in [0.29, 0.717) is 11.4 Å². The number of carbonyl (C=O) groups is 1. The summed E-state index contributed by atoms with van der Waals surface area (Å²) in [6, 6.07) is 11.3. The van der Waals surface area contributed by atoms with Crippen LogP contribution in [0.4, 0.5) is 16.2 Å². The standard InChI is InChI=1S/C13H9N5O2/c1-20-13(19)18-11-4-2-10(3-5-11)17-12(8-16)9(6-14)7-15/h2-5,17H,1H3,(H,18,19). The smallest absolute Gasteiger partial charge is 0.411 e. The van der Waals surface area contributed by atoms with Gasteiger partial charge in [0, 0.05) is 11.4 Å². The van der Waals surface area contributed by atoms with Gasteiger partial charge in [-0.05, 0) is 24.3 Å². The van der Waals surface area contributed by atoms with Crippen molar-refractivity contribution in [3.8, 4) is 18.2 Å². The maximum absolute atomic E-state index is 11.0. The number of hydrogen-bond acceptors (Lipinski definition) is 6. The number of nitrogens with zero attached hydrogens (tertiary/aromatic N) is 3. The summed E-state index contributed by atoms with van der Waals surface area (Å²) < 4.78 is 4.44. The van der Waals surface area contributed by atoms with E-state index in [-0.39, 0.29) is 11.3 Å². The van der Waals surface area contributed by atoms with Gasteiger partial charge < -0.3 is 10.1 Å². The lowest BCUT2D eigenvalue weighted by atomic mass is 10.2. The molecule has 0 aliphatic rings. The number of amides is 1. The van der Waals surface area contributed by atoms with Gasteiger partial charge in [0.1, 0.15) is 23.9 Å². The molecule has 1 aromatic carbocycles. The quantitative estimate of drug-likeness (QED) is 0.808. The molecule has 7 nitrogen and oxygen atoms in total. The number of hydrogen-bond donors (Lipinski definition) is 2. The molecule has 1 rings (SSSR count). The first-order chi connectivity index (χ1) is 9.64. The molecule has 7 heteroatoms. The number of allylic oxidation sites excluding steroid dienone is 2. The van der Waals surface area contributed by atoms with Crippen LogP contribution in [0.25, 0.3) is 0 Å². The molecule has 98 valence electrons. The van der Waals surface area contributed by atoms with E-state index in [1.807, 2.05) is 0 Å². The normalized spacial score (nSPS) is 8.30. The van der Waals surface area contributed by atoms with Gasteiger partial charge in [0.15, 0.2) is 5.57 Å². The molecule has 0 aliphatic heterocycles. The maximum atomic E-state index is 11.0. The average Bonchev–Trinajstić information content (AvgIpc) is 2.48. The second-order valence-electron chi connectivity index (χ2n) is 3.40. The molecule has 0 fully saturated rings. The lowest BCUT2D eigenvalue weighted by molar-refractivity contribution is 0.187. The van der Waals surface area contributed by atoms with Crippen LogP contribution in [-0.4, -0.2) is 13.2 Å². The number of benzene rings is 1. The topological polar surface area (TPSA) is 122 Å². The summed E-state index contributed by atoms with van der Waals surface area (Å²) in [6.45, 7) is 0. The second-order valence-corrected chi connectivity index (χ2v) is 3.40. The first-order valence-electron chi connectivity index (χ1n) is 5.31. The van der Waals surface area contributed by atoms with E-state index in [2.05, 4.69) is 15.4 Å². The van der Waals surface area contributed by atoms with Crippen LogP contribution < -0.4 is 10.6 Å². The monoisotopic (exact) mass is 267 g/mol. The van der Waals surface area contributed by atoms with E-state index in [0.717, 1.165) is 0 Å². The molecule has 0 aliphatic carbocycles. The Bertz CT molecular complexity index is 640. The summed E-state index contributed by atoms with van der Waals surface area (Å²) in [5.41, 5.74) is 0.568. The Balaban J connectivity index is 2.89. The van der Waals surface area contributed by atoms with Gasteiger partial charge >= 0.3 is 6.09 Å². The van der Waals surface area contributed by atoms with E-state index >= 15 is 0 Å². The van der Waals surface area contributed by atoms with Crippen molar-refractivity contribution in [3.63, 3.8) is 0 Å². The van der Waals surface area contributed by atoms with E-state index in [1.54, 1.807) is 42.5 Å². The summed E-state index contributed by atoms with van der Waals surface area (Å²) in [4.78, 5) is 11.0. The summed E-state index contributed by atoms with van der Waals surface area (Å²) >= 11 is 0. The first kappa shape index (κ1) is 14.6. The highest BCUT2D eigenvalue weighted by molar-refractivity contribution is 5.84. The fraction of sp³-hybridized carbons (Fsp3) is 0.0769. The van der Waals surface area contributed by atoms with E-state index in [9.17, 15) is 4.79 Å². The number of methoxy groups -OCH3 is 1. The lowest BCUT2D eigenvalue weighted by Crippen LogP contribution is -2.10. The molecule has 1 amide bonds. The van der Waals surface area contributed by atoms with Crippen molar-refractivity contribution < 1.29 is 9.53 Å². The Hall–Kier alpha value is -3.50. The summed E-state index contributed by atoms with van der Waals surface area (Å²) in [5, 5.41) is 31.4. The average molecular weight is 267 g/mol. The van der Waals surface area contributed by atoms with Crippen LogP contribution >= 0.6 is 0 Å². The third kappa shape index (κ3) is 3.76. The molecular weight excluding hydrogens is 258 g/mol. The van der Waals surface area contributed by atoms with Crippen LogP contribution in [0, 0.1) is 34.0 Å². The largest absolute Gasteiger partial charge is 0.453 e. The molecule has 0 aromatic heterocycles. The molecule has 0 radical (unpaired) electrons. The van der Waals surface area contributed by atoms with Crippen molar-refractivity contribution in [3.05, 3.63) is 35.5 Å². The summed E-state index contributed by atoms with van der Waals surface area (Å²) in [5.74, 6) is 0. The van der Waals surface area contributed by atoms with Crippen molar-refractivity contribution in [2.75, 3.05) is 17.7 Å². The number of ether oxygens (including phenoxy) is 1. The SMILES string of the molecule is COC(=O)Nc1ccc(NC(C#N)=C(C#N)C#N)cc1. The number of carbonyl (C=O) groups excluding carboxylic acids is 1. The van der Waals surface area contributed by atoms with Crippen LogP contribution in [0.15, 0.2) is 35.5 Å². The Kier molecular flexibility index (Phi) is 5.13. The van der Waals surface area contributed by atoms with Gasteiger partial charge in [-0.1, -0.05) is 0 Å². The molecule has 0 atom stereocenters. The van der Waals surface area contributed by atoms with Crippen molar-refractivity contribution in [1.82, 2.24) is 0 Å². The molecule has 1 aromatic rings. The van der Waals surface area contributed by atoms with Gasteiger partial charge in [0.25, 0.3) is 0 Å². The summed E-state index contributed by atoms with van der Waals surface area (Å²) in [6.07, 6.45) is -0.598. The highest BCUT2D eigenvalue weighted by Crippen LogP contribution is 2.16. The first-order valence-corrected chi connectivity index (χ1v) is 5.31. The Morgan fingerprint density at radius 3 is 1.90 bits per heavy atom. The fourth-order valence-corrected chi connectivity index (χ4v) is 1.23. The van der Waals surface area contributed by atoms with E-state index in [4.69, 9.17) is 15.8 Å². The molecule has 0 saturated heterocycles. The Labute approximate surface area is 115 Å². The Morgan fingerprint density at radius 2 is 1.50 bits per heavy atom. The zero-order valence-corrected chi connectivity index (χ0v) is 10.5. The van der Waals surface area contributed by atoms with Gasteiger partial charge in [-0.15, -0.1) is 0 Å². The van der Waals surface area contributed by atoms with Crippen LogP contribution in [0.2, 0.25) is 0 Å². The van der Waals surface area contributed by atoms with Crippen LogP contribution in [-0.2, 0) is 4.74 Å². The molecule has 0 bridgehead atoms. The van der Waals surface area contributed by atoms with Gasteiger partial charge in [0.05, 0.1) is 7.11 Å². The second kappa shape index (κ2) is 7.05. The van der Waals surface area contributed by atoms with Crippen molar-refractivity contribution >= 4 is 17.5 Å². The minimum Gasteiger partial charge on any atom is -0.453 e. The van der Waals surface area contributed by atoms with Crippen LogP contribution in [0.5, 0.6) is 0 Å². The van der Waals surface area contributed by atoms with Gasteiger partial charge in [-0.3, -0.25) is 5.32 Å². The zero-order valence-electron chi connectivity index (χ0n) is 10.5. The van der Waals surface area contributed by atoms with Crippen LogP contribution in [0.1, 0.15) is 0 Å². The van der Waals surface area contributed by atoms with Crippen molar-refractivity contribution in [2.45, 2.75) is 0 Å². The number of rotatable bonds is 3. The molecular formula is C13H9N5O2. The predicted molar refractivity (Wildman–Crippen MR) is 70.0 cm³/mol. The van der Waals surface area contributed by atoms with E-state index < -0.39 is 6.09 Å².